The standard InChI is InChI=1S/C9H9IO2Se/c1-2-12-9(11)13-8-5-3-7(10)4-6-8/h3-6H,2H2,1H3. The van der Waals surface area contributed by atoms with Crippen molar-refractivity contribution < 1.29 is 9.53 Å². The van der Waals surface area contributed by atoms with Crippen LogP contribution in [0.15, 0.2) is 24.3 Å². The van der Waals surface area contributed by atoms with E-state index >= 15 is 0 Å². The van der Waals surface area contributed by atoms with Crippen LogP contribution < -0.4 is 4.46 Å². The molecule has 4 heteroatoms. The molecular formula is C9H9IO2Se. The van der Waals surface area contributed by atoms with Crippen LogP contribution in [0.5, 0.6) is 0 Å². The first-order valence-corrected chi connectivity index (χ1v) is 6.61. The number of rotatable bonds is 3. The van der Waals surface area contributed by atoms with Crippen LogP contribution in [0.1, 0.15) is 6.92 Å². The first-order chi connectivity index (χ1) is 6.22. The van der Waals surface area contributed by atoms with Gasteiger partial charge in [0.25, 0.3) is 0 Å². The molecule has 1 rings (SSSR count). The fourth-order valence-corrected chi connectivity index (χ4v) is 2.45. The van der Waals surface area contributed by atoms with Crippen molar-refractivity contribution in [3.8, 4) is 0 Å². The summed E-state index contributed by atoms with van der Waals surface area (Å²) in [6.45, 7) is 2.28. The number of ether oxygens (including phenoxy) is 1. The fourth-order valence-electron chi connectivity index (χ4n) is 0.746. The molecule has 0 aliphatic heterocycles. The first-order valence-electron chi connectivity index (χ1n) is 3.82. The van der Waals surface area contributed by atoms with Gasteiger partial charge in [0.1, 0.15) is 0 Å². The van der Waals surface area contributed by atoms with Gasteiger partial charge >= 0.3 is 97.8 Å². The maximum absolute atomic E-state index is 11.1. The Morgan fingerprint density at radius 3 is 2.62 bits per heavy atom. The van der Waals surface area contributed by atoms with Crippen molar-refractivity contribution in [1.29, 1.82) is 0 Å². The van der Waals surface area contributed by atoms with Gasteiger partial charge in [-0.2, -0.15) is 0 Å². The SMILES string of the molecule is CCOC(=O)[Se]c1ccc(I)cc1. The van der Waals surface area contributed by atoms with Crippen molar-refractivity contribution in [2.24, 2.45) is 0 Å². The van der Waals surface area contributed by atoms with Gasteiger partial charge in [-0.05, 0) is 0 Å². The van der Waals surface area contributed by atoms with Crippen LogP contribution in [-0.2, 0) is 4.74 Å². The molecule has 0 saturated heterocycles. The molecule has 0 N–H and O–H groups in total. The quantitative estimate of drug-likeness (QED) is 0.611. The average molecular weight is 355 g/mol. The summed E-state index contributed by atoms with van der Waals surface area (Å²) in [5.74, 6) is 0. The monoisotopic (exact) mass is 356 g/mol. The van der Waals surface area contributed by atoms with Gasteiger partial charge in [-0.3, -0.25) is 0 Å². The predicted octanol–water partition coefficient (Wildman–Crippen LogP) is 1.78. The number of hydrogen-bond acceptors (Lipinski definition) is 2. The van der Waals surface area contributed by atoms with Gasteiger partial charge in [0, 0.05) is 0 Å². The van der Waals surface area contributed by atoms with E-state index in [0.29, 0.717) is 6.61 Å². The Morgan fingerprint density at radius 1 is 1.46 bits per heavy atom. The number of carbonyl (C=O) groups is 1. The fraction of sp³-hybridized carbons (Fsp3) is 0.222. The van der Waals surface area contributed by atoms with Gasteiger partial charge in [-0.25, -0.2) is 0 Å². The molecule has 0 fully saturated rings. The summed E-state index contributed by atoms with van der Waals surface area (Å²) >= 11 is 2.04. The molecule has 0 saturated carbocycles. The topological polar surface area (TPSA) is 26.3 Å². The number of carbonyl (C=O) groups excluding carboxylic acids is 1. The Morgan fingerprint density at radius 2 is 2.08 bits per heavy atom. The van der Waals surface area contributed by atoms with Crippen molar-refractivity contribution in [3.05, 3.63) is 27.8 Å². The van der Waals surface area contributed by atoms with Crippen molar-refractivity contribution in [3.63, 3.8) is 0 Å². The molecule has 0 aliphatic rings. The maximum atomic E-state index is 11.1. The van der Waals surface area contributed by atoms with Crippen LogP contribution in [0.25, 0.3) is 0 Å². The molecule has 0 atom stereocenters. The third kappa shape index (κ3) is 4.11. The normalized spacial score (nSPS) is 9.69. The van der Waals surface area contributed by atoms with E-state index < -0.39 is 0 Å². The van der Waals surface area contributed by atoms with Gasteiger partial charge in [0.15, 0.2) is 0 Å². The molecule has 13 heavy (non-hydrogen) atoms. The zero-order chi connectivity index (χ0) is 9.68. The van der Waals surface area contributed by atoms with Crippen LogP contribution in [0.3, 0.4) is 0 Å². The Balaban J connectivity index is 2.54. The number of hydrogen-bond donors (Lipinski definition) is 0. The van der Waals surface area contributed by atoms with E-state index in [0.717, 1.165) is 4.46 Å². The summed E-state index contributed by atoms with van der Waals surface area (Å²) in [5.41, 5.74) is 0. The second kappa shape index (κ2) is 5.62. The molecular weight excluding hydrogens is 346 g/mol. The molecule has 0 aromatic heterocycles. The van der Waals surface area contributed by atoms with Gasteiger partial charge in [-0.15, -0.1) is 0 Å². The van der Waals surface area contributed by atoms with E-state index in [9.17, 15) is 4.79 Å². The van der Waals surface area contributed by atoms with Crippen molar-refractivity contribution in [2.45, 2.75) is 6.92 Å². The first kappa shape index (κ1) is 11.0. The third-order valence-corrected chi connectivity index (χ3v) is 3.66. The third-order valence-electron chi connectivity index (χ3n) is 1.28. The molecule has 1 aromatic rings. The molecule has 70 valence electrons. The van der Waals surface area contributed by atoms with E-state index in [2.05, 4.69) is 22.6 Å². The van der Waals surface area contributed by atoms with E-state index in [1.54, 1.807) is 0 Å². The van der Waals surface area contributed by atoms with Gasteiger partial charge in [-0.1, -0.05) is 0 Å². The second-order valence-corrected chi connectivity index (χ2v) is 5.60. The van der Waals surface area contributed by atoms with Crippen LogP contribution in [0.4, 0.5) is 4.79 Å². The van der Waals surface area contributed by atoms with Crippen LogP contribution in [-0.4, -0.2) is 26.4 Å². The number of halogens is 1. The van der Waals surface area contributed by atoms with E-state index in [4.69, 9.17) is 4.74 Å². The van der Waals surface area contributed by atoms with Crippen molar-refractivity contribution in [1.82, 2.24) is 0 Å². The van der Waals surface area contributed by atoms with Crippen LogP contribution >= 0.6 is 22.6 Å². The average Bonchev–Trinajstić information content (AvgIpc) is 2.09. The minimum atomic E-state index is -0.194. The molecule has 1 aromatic carbocycles. The molecule has 0 radical (unpaired) electrons. The summed E-state index contributed by atoms with van der Waals surface area (Å²) < 4.78 is 7.11. The van der Waals surface area contributed by atoms with Gasteiger partial charge < -0.3 is 0 Å². The summed E-state index contributed by atoms with van der Waals surface area (Å²) in [6, 6.07) is 7.94. The number of benzene rings is 1. The molecule has 0 aliphatic carbocycles. The van der Waals surface area contributed by atoms with Gasteiger partial charge in [0.2, 0.25) is 0 Å². The minimum absolute atomic E-state index is 0.101. The Kier molecular flexibility index (Phi) is 4.77. The summed E-state index contributed by atoms with van der Waals surface area (Å²) in [5, 5.41) is 0. The molecule has 2 nitrogen and oxygen atoms in total. The molecule has 0 spiro atoms. The molecule has 0 bridgehead atoms. The van der Waals surface area contributed by atoms with Crippen LogP contribution in [0, 0.1) is 3.57 Å². The summed E-state index contributed by atoms with van der Waals surface area (Å²) in [7, 11) is 0. The molecule has 0 unspecified atom stereocenters. The summed E-state index contributed by atoms with van der Waals surface area (Å²) in [6.07, 6.45) is 0. The zero-order valence-electron chi connectivity index (χ0n) is 7.12. The van der Waals surface area contributed by atoms with E-state index in [-0.39, 0.29) is 19.8 Å². The van der Waals surface area contributed by atoms with Crippen molar-refractivity contribution in [2.75, 3.05) is 6.61 Å². The molecule has 0 amide bonds. The molecule has 0 heterocycles. The van der Waals surface area contributed by atoms with Gasteiger partial charge in [0.05, 0.1) is 0 Å². The van der Waals surface area contributed by atoms with Crippen LogP contribution in [0.2, 0.25) is 0 Å². The van der Waals surface area contributed by atoms with E-state index in [1.165, 1.54) is 3.57 Å². The van der Waals surface area contributed by atoms with Crippen molar-refractivity contribution >= 4 is 46.9 Å². The Labute approximate surface area is 97.3 Å². The predicted molar refractivity (Wildman–Crippen MR) is 61.6 cm³/mol. The Hall–Kier alpha value is -0.0605. The van der Waals surface area contributed by atoms with E-state index in [1.807, 2.05) is 31.2 Å². The zero-order valence-corrected chi connectivity index (χ0v) is 11.0. The Bertz CT molecular complexity index is 284. The summed E-state index contributed by atoms with van der Waals surface area (Å²) in [4.78, 5) is 11.0. The second-order valence-electron chi connectivity index (χ2n) is 2.24.